The van der Waals surface area contributed by atoms with Crippen molar-refractivity contribution in [1.29, 1.82) is 0 Å². The van der Waals surface area contributed by atoms with Gasteiger partial charge in [-0.25, -0.2) is 4.79 Å². The first-order valence-electron chi connectivity index (χ1n) is 9.24. The summed E-state index contributed by atoms with van der Waals surface area (Å²) in [6, 6.07) is 7.55. The molecule has 1 amide bonds. The molecule has 0 radical (unpaired) electrons. The van der Waals surface area contributed by atoms with Crippen LogP contribution in [0.1, 0.15) is 39.0 Å². The second-order valence-electron chi connectivity index (χ2n) is 6.86. The number of aliphatic hydroxyl groups is 1. The minimum atomic E-state index is -0.161. The summed E-state index contributed by atoms with van der Waals surface area (Å²) < 4.78 is 3.23. The molecule has 1 aromatic heterocycles. The Morgan fingerprint density at radius 1 is 1.16 bits per heavy atom. The summed E-state index contributed by atoms with van der Waals surface area (Å²) in [5.74, 6) is -0.0494. The molecule has 0 aliphatic heterocycles. The van der Waals surface area contributed by atoms with Crippen LogP contribution >= 0.6 is 0 Å². The van der Waals surface area contributed by atoms with Gasteiger partial charge >= 0.3 is 5.69 Å². The standard InChI is InChI=1S/C19H27N3O3/c1-2-21-16-10-6-7-11-17(16)22(19(21)25)12-18(24)20-15-9-5-3-4-8-14(15)13-23/h6-7,10-11,14-15,23H,2-5,8-9,12-13H2,1H3,(H,20,24). The maximum Gasteiger partial charge on any atom is 0.329 e. The molecule has 1 fully saturated rings. The average Bonchev–Trinajstić information content (AvgIpc) is 2.76. The van der Waals surface area contributed by atoms with Crippen molar-refractivity contribution in [1.82, 2.24) is 14.5 Å². The smallest absolute Gasteiger partial charge is 0.329 e. The van der Waals surface area contributed by atoms with Crippen LogP contribution in [0.4, 0.5) is 0 Å². The molecule has 0 bridgehead atoms. The molecule has 2 aromatic rings. The van der Waals surface area contributed by atoms with Crippen molar-refractivity contribution in [3.05, 3.63) is 34.7 Å². The number of aromatic nitrogens is 2. The van der Waals surface area contributed by atoms with Crippen LogP contribution in [0.25, 0.3) is 11.0 Å². The molecule has 2 unspecified atom stereocenters. The van der Waals surface area contributed by atoms with E-state index in [1.54, 1.807) is 9.13 Å². The summed E-state index contributed by atoms with van der Waals surface area (Å²) in [6.45, 7) is 2.61. The third kappa shape index (κ3) is 3.63. The van der Waals surface area contributed by atoms with Crippen molar-refractivity contribution in [2.75, 3.05) is 6.61 Å². The lowest BCUT2D eigenvalue weighted by Gasteiger charge is -2.24. The molecule has 6 nitrogen and oxygen atoms in total. The van der Waals surface area contributed by atoms with E-state index in [9.17, 15) is 14.7 Å². The average molecular weight is 345 g/mol. The van der Waals surface area contributed by atoms with Gasteiger partial charge in [-0.1, -0.05) is 31.4 Å². The van der Waals surface area contributed by atoms with E-state index < -0.39 is 0 Å². The number of carbonyl (C=O) groups is 1. The third-order valence-corrected chi connectivity index (χ3v) is 5.28. The number of para-hydroxylation sites is 2. The van der Waals surface area contributed by atoms with Crippen molar-refractivity contribution in [2.45, 2.75) is 58.2 Å². The molecule has 1 aromatic carbocycles. The maximum absolute atomic E-state index is 12.6. The van der Waals surface area contributed by atoms with Gasteiger partial charge in [0.15, 0.2) is 0 Å². The number of imidazole rings is 1. The van der Waals surface area contributed by atoms with Gasteiger partial charge in [-0.2, -0.15) is 0 Å². The second kappa shape index (κ2) is 7.87. The highest BCUT2D eigenvalue weighted by Crippen LogP contribution is 2.23. The summed E-state index contributed by atoms with van der Waals surface area (Å²) in [5.41, 5.74) is 1.48. The van der Waals surface area contributed by atoms with Crippen molar-refractivity contribution >= 4 is 16.9 Å². The number of fused-ring (bicyclic) bond motifs is 1. The molecule has 1 aliphatic carbocycles. The monoisotopic (exact) mass is 345 g/mol. The van der Waals surface area contributed by atoms with E-state index in [0.29, 0.717) is 6.54 Å². The molecule has 0 saturated heterocycles. The number of amides is 1. The van der Waals surface area contributed by atoms with Crippen LogP contribution in [0, 0.1) is 5.92 Å². The molecule has 136 valence electrons. The van der Waals surface area contributed by atoms with E-state index in [1.807, 2.05) is 31.2 Å². The third-order valence-electron chi connectivity index (χ3n) is 5.28. The van der Waals surface area contributed by atoms with Gasteiger partial charge in [0, 0.05) is 25.1 Å². The number of hydrogen-bond donors (Lipinski definition) is 2. The number of hydrogen-bond acceptors (Lipinski definition) is 3. The molecule has 6 heteroatoms. The molecule has 0 spiro atoms. The van der Waals surface area contributed by atoms with Crippen molar-refractivity contribution in [3.63, 3.8) is 0 Å². The number of aliphatic hydroxyl groups excluding tert-OH is 1. The summed E-state index contributed by atoms with van der Waals surface area (Å²) >= 11 is 0. The van der Waals surface area contributed by atoms with E-state index in [4.69, 9.17) is 0 Å². The molecule has 1 aliphatic rings. The highest BCUT2D eigenvalue weighted by atomic mass is 16.3. The largest absolute Gasteiger partial charge is 0.396 e. The number of nitrogens with one attached hydrogen (secondary N) is 1. The van der Waals surface area contributed by atoms with Crippen molar-refractivity contribution in [2.24, 2.45) is 5.92 Å². The molecule has 1 heterocycles. The fourth-order valence-corrected chi connectivity index (χ4v) is 3.92. The quantitative estimate of drug-likeness (QED) is 0.813. The fraction of sp³-hybridized carbons (Fsp3) is 0.579. The van der Waals surface area contributed by atoms with Gasteiger partial charge < -0.3 is 10.4 Å². The molecular weight excluding hydrogens is 318 g/mol. The Labute approximate surface area is 147 Å². The molecular formula is C19H27N3O3. The molecule has 2 atom stereocenters. The normalized spacial score (nSPS) is 21.2. The summed E-state index contributed by atoms with van der Waals surface area (Å²) in [4.78, 5) is 25.2. The first-order chi connectivity index (χ1) is 12.2. The Bertz CT molecular complexity index is 793. The Kier molecular flexibility index (Phi) is 5.58. The number of rotatable bonds is 5. The van der Waals surface area contributed by atoms with Gasteiger partial charge in [-0.3, -0.25) is 13.9 Å². The molecule has 3 rings (SSSR count). The Morgan fingerprint density at radius 2 is 1.84 bits per heavy atom. The predicted octanol–water partition coefficient (Wildman–Crippen LogP) is 1.88. The van der Waals surface area contributed by atoms with Crippen molar-refractivity contribution in [3.8, 4) is 0 Å². The fourth-order valence-electron chi connectivity index (χ4n) is 3.92. The van der Waals surface area contributed by atoms with E-state index >= 15 is 0 Å². The van der Waals surface area contributed by atoms with E-state index in [0.717, 1.165) is 43.1 Å². The number of benzene rings is 1. The summed E-state index contributed by atoms with van der Waals surface area (Å²) in [6.07, 6.45) is 5.14. The summed E-state index contributed by atoms with van der Waals surface area (Å²) in [5, 5.41) is 12.7. The summed E-state index contributed by atoms with van der Waals surface area (Å²) in [7, 11) is 0. The van der Waals surface area contributed by atoms with Gasteiger partial charge in [0.1, 0.15) is 6.54 Å². The lowest BCUT2D eigenvalue weighted by atomic mass is 9.95. The molecule has 1 saturated carbocycles. The number of carbonyl (C=O) groups excluding carboxylic acids is 1. The highest BCUT2D eigenvalue weighted by Gasteiger charge is 2.25. The number of aryl methyl sites for hydroxylation is 1. The topological polar surface area (TPSA) is 76.3 Å². The van der Waals surface area contributed by atoms with Crippen LogP contribution in [0.3, 0.4) is 0 Å². The van der Waals surface area contributed by atoms with Crippen molar-refractivity contribution < 1.29 is 9.90 Å². The lowest BCUT2D eigenvalue weighted by molar-refractivity contribution is -0.122. The number of nitrogens with zero attached hydrogens (tertiary/aromatic N) is 2. The minimum absolute atomic E-state index is 0.00442. The zero-order valence-corrected chi connectivity index (χ0v) is 14.8. The SMILES string of the molecule is CCn1c(=O)n(CC(=O)NC2CCCCCC2CO)c2ccccc21. The lowest BCUT2D eigenvalue weighted by Crippen LogP contribution is -2.43. The highest BCUT2D eigenvalue weighted by molar-refractivity contribution is 5.81. The Hall–Kier alpha value is -2.08. The van der Waals surface area contributed by atoms with E-state index in [2.05, 4.69) is 5.32 Å². The zero-order valence-electron chi connectivity index (χ0n) is 14.8. The van der Waals surface area contributed by atoms with Crippen LogP contribution in [0.5, 0.6) is 0 Å². The molecule has 2 N–H and O–H groups in total. The van der Waals surface area contributed by atoms with Gasteiger partial charge in [-0.05, 0) is 31.9 Å². The van der Waals surface area contributed by atoms with Gasteiger partial charge in [0.25, 0.3) is 0 Å². The van der Waals surface area contributed by atoms with Crippen LogP contribution in [0.2, 0.25) is 0 Å². The van der Waals surface area contributed by atoms with E-state index in [-0.39, 0.29) is 36.7 Å². The Morgan fingerprint density at radius 3 is 2.52 bits per heavy atom. The van der Waals surface area contributed by atoms with Gasteiger partial charge in [0.2, 0.25) is 5.91 Å². The van der Waals surface area contributed by atoms with E-state index in [1.165, 1.54) is 0 Å². The second-order valence-corrected chi connectivity index (χ2v) is 6.86. The van der Waals surface area contributed by atoms with Gasteiger partial charge in [0.05, 0.1) is 11.0 Å². The first-order valence-corrected chi connectivity index (χ1v) is 9.24. The van der Waals surface area contributed by atoms with Crippen LogP contribution in [-0.2, 0) is 17.9 Å². The maximum atomic E-state index is 12.6. The van der Waals surface area contributed by atoms with Gasteiger partial charge in [-0.15, -0.1) is 0 Å². The van der Waals surface area contributed by atoms with Crippen LogP contribution in [0.15, 0.2) is 29.1 Å². The first kappa shape index (κ1) is 17.7. The van der Waals surface area contributed by atoms with Crippen LogP contribution in [-0.4, -0.2) is 32.8 Å². The predicted molar refractivity (Wildman–Crippen MR) is 97.5 cm³/mol. The Balaban J connectivity index is 1.80. The molecule has 25 heavy (non-hydrogen) atoms. The minimum Gasteiger partial charge on any atom is -0.396 e. The van der Waals surface area contributed by atoms with Crippen LogP contribution < -0.4 is 11.0 Å². The zero-order chi connectivity index (χ0) is 17.8.